The summed E-state index contributed by atoms with van der Waals surface area (Å²) < 4.78 is 0. The van der Waals surface area contributed by atoms with Gasteiger partial charge in [-0.1, -0.05) is 121 Å². The summed E-state index contributed by atoms with van der Waals surface area (Å²) in [5.74, 6) is 1.09. The molecule has 0 aliphatic heterocycles. The third kappa shape index (κ3) is 5.23. The lowest BCUT2D eigenvalue weighted by Gasteiger charge is -2.10. The molecule has 0 unspecified atom stereocenters. The molecule has 7 rings (SSSR count). The fraction of sp³-hybridized carbons (Fsp3) is 0. The number of hydrogen-bond acceptors (Lipinski definition) is 3. The number of hydrogen-bond donors (Lipinski definition) is 0. The predicted molar refractivity (Wildman–Crippen MR) is 170 cm³/mol. The van der Waals surface area contributed by atoms with Crippen LogP contribution in [-0.2, 0) is 0 Å². The molecule has 0 fully saturated rings. The minimum absolute atomic E-state index is 0.167. The zero-order valence-corrected chi connectivity index (χ0v) is 22.8. The van der Waals surface area contributed by atoms with Crippen LogP contribution in [0.5, 0.6) is 0 Å². The molecule has 4 heteroatoms. The second-order valence-electron chi connectivity index (χ2n) is 9.92. The van der Waals surface area contributed by atoms with Gasteiger partial charge in [-0.3, -0.25) is 0 Å². The number of benzene rings is 6. The van der Waals surface area contributed by atoms with Gasteiger partial charge >= 0.3 is 0 Å². The van der Waals surface area contributed by atoms with Crippen LogP contribution in [0.2, 0.25) is 5.28 Å². The van der Waals surface area contributed by atoms with E-state index in [1.165, 1.54) is 21.9 Å². The monoisotopic (exact) mass is 545 g/mol. The Labute approximate surface area is 243 Å². The Bertz CT molecular complexity index is 2000. The highest BCUT2D eigenvalue weighted by Crippen LogP contribution is 2.31. The van der Waals surface area contributed by atoms with E-state index in [9.17, 15) is 0 Å². The molecule has 3 nitrogen and oxygen atoms in total. The molecule has 0 radical (unpaired) electrons. The lowest BCUT2D eigenvalue weighted by atomic mass is 9.97. The molecule has 0 saturated heterocycles. The van der Waals surface area contributed by atoms with Gasteiger partial charge in [0.25, 0.3) is 0 Å². The van der Waals surface area contributed by atoms with Crippen LogP contribution in [0.1, 0.15) is 0 Å². The van der Waals surface area contributed by atoms with Gasteiger partial charge in [0.1, 0.15) is 0 Å². The molecular weight excluding hydrogens is 522 g/mol. The van der Waals surface area contributed by atoms with Crippen LogP contribution in [0.3, 0.4) is 0 Å². The first-order valence-electron chi connectivity index (χ1n) is 13.5. The van der Waals surface area contributed by atoms with Crippen molar-refractivity contribution in [3.63, 3.8) is 0 Å². The first-order chi connectivity index (χ1) is 20.2. The van der Waals surface area contributed by atoms with Gasteiger partial charge in [-0.05, 0) is 80.0 Å². The topological polar surface area (TPSA) is 38.7 Å². The number of aromatic nitrogens is 3. The number of halogens is 1. The molecule has 0 N–H and O–H groups in total. The quantitative estimate of drug-likeness (QED) is 0.216. The molecule has 1 heterocycles. The minimum Gasteiger partial charge on any atom is -0.208 e. The highest BCUT2D eigenvalue weighted by atomic mass is 35.5. The highest BCUT2D eigenvalue weighted by molar-refractivity contribution is 6.28. The van der Waals surface area contributed by atoms with Crippen molar-refractivity contribution in [2.75, 3.05) is 0 Å². The normalized spacial score (nSPS) is 11.0. The molecule has 41 heavy (non-hydrogen) atoms. The van der Waals surface area contributed by atoms with E-state index in [-0.39, 0.29) is 5.28 Å². The SMILES string of the molecule is Clc1nc(-c2cccc(-c3ccccc3)c2)nc(-c2cccc(-c3ccc4cc(-c5ccccc5)ccc4c3)c2)n1. The second-order valence-corrected chi connectivity index (χ2v) is 10.3. The molecular formula is C37H24ClN3. The lowest BCUT2D eigenvalue weighted by Crippen LogP contribution is -1.97. The number of nitrogens with zero attached hydrogens (tertiary/aromatic N) is 3. The van der Waals surface area contributed by atoms with Crippen molar-refractivity contribution in [1.29, 1.82) is 0 Å². The van der Waals surface area contributed by atoms with Gasteiger partial charge in [0, 0.05) is 11.1 Å². The van der Waals surface area contributed by atoms with Gasteiger partial charge < -0.3 is 0 Å². The van der Waals surface area contributed by atoms with Crippen LogP contribution in [0, 0.1) is 0 Å². The molecule has 1 aromatic heterocycles. The van der Waals surface area contributed by atoms with E-state index in [0.717, 1.165) is 33.4 Å². The maximum Gasteiger partial charge on any atom is 0.226 e. The van der Waals surface area contributed by atoms with E-state index in [1.807, 2.05) is 48.5 Å². The van der Waals surface area contributed by atoms with Gasteiger partial charge in [0.15, 0.2) is 11.6 Å². The number of fused-ring (bicyclic) bond motifs is 1. The van der Waals surface area contributed by atoms with Crippen molar-refractivity contribution < 1.29 is 0 Å². The zero-order chi connectivity index (χ0) is 27.6. The summed E-state index contributed by atoms with van der Waals surface area (Å²) in [6.07, 6.45) is 0. The summed E-state index contributed by atoms with van der Waals surface area (Å²) in [5.41, 5.74) is 8.63. The zero-order valence-electron chi connectivity index (χ0n) is 22.1. The molecule has 0 atom stereocenters. The molecule has 0 saturated carbocycles. The van der Waals surface area contributed by atoms with Gasteiger partial charge in [0.2, 0.25) is 5.28 Å². The average molecular weight is 546 g/mol. The van der Waals surface area contributed by atoms with Gasteiger partial charge in [0.05, 0.1) is 0 Å². The van der Waals surface area contributed by atoms with Crippen molar-refractivity contribution in [3.8, 4) is 56.2 Å². The summed E-state index contributed by atoms with van der Waals surface area (Å²) in [6.45, 7) is 0. The van der Waals surface area contributed by atoms with Crippen molar-refractivity contribution in [2.45, 2.75) is 0 Å². The molecule has 0 aliphatic rings. The van der Waals surface area contributed by atoms with Crippen LogP contribution < -0.4 is 0 Å². The Balaban J connectivity index is 1.22. The summed E-state index contributed by atoms with van der Waals surface area (Å²) >= 11 is 6.42. The molecule has 7 aromatic rings. The first kappa shape index (κ1) is 24.9. The van der Waals surface area contributed by atoms with Crippen LogP contribution in [0.15, 0.2) is 146 Å². The van der Waals surface area contributed by atoms with Crippen LogP contribution in [0.25, 0.3) is 66.9 Å². The van der Waals surface area contributed by atoms with Crippen LogP contribution >= 0.6 is 11.6 Å². The minimum atomic E-state index is 0.167. The fourth-order valence-electron chi connectivity index (χ4n) is 5.15. The Morgan fingerprint density at radius 1 is 0.317 bits per heavy atom. The standard InChI is InChI=1S/C37H24ClN3/c38-37-40-35(33-15-7-13-27(23-33)25-9-3-1-4-10-25)39-36(41-37)34-16-8-14-28(24-34)30-19-20-31-21-29(17-18-32(31)22-30)26-11-5-2-6-12-26/h1-24H. The second kappa shape index (κ2) is 10.8. The lowest BCUT2D eigenvalue weighted by molar-refractivity contribution is 1.07. The molecule has 0 spiro atoms. The maximum absolute atomic E-state index is 6.42. The van der Waals surface area contributed by atoms with Gasteiger partial charge in [-0.2, -0.15) is 9.97 Å². The molecule has 0 bridgehead atoms. The molecule has 194 valence electrons. The summed E-state index contributed by atoms with van der Waals surface area (Å²) in [5, 5.41) is 2.56. The van der Waals surface area contributed by atoms with E-state index < -0.39 is 0 Å². The largest absolute Gasteiger partial charge is 0.226 e. The van der Waals surface area contributed by atoms with E-state index in [1.54, 1.807) is 0 Å². The van der Waals surface area contributed by atoms with Crippen molar-refractivity contribution in [2.24, 2.45) is 0 Å². The van der Waals surface area contributed by atoms with Crippen molar-refractivity contribution >= 4 is 22.4 Å². The molecule has 0 aliphatic carbocycles. The number of rotatable bonds is 5. The van der Waals surface area contributed by atoms with Crippen molar-refractivity contribution in [1.82, 2.24) is 15.0 Å². The fourth-order valence-corrected chi connectivity index (χ4v) is 5.31. The van der Waals surface area contributed by atoms with E-state index in [2.05, 4.69) is 107 Å². The predicted octanol–water partition coefficient (Wildman–Crippen LogP) is 10.0. The van der Waals surface area contributed by atoms with Gasteiger partial charge in [-0.15, -0.1) is 0 Å². The summed E-state index contributed by atoms with van der Waals surface area (Å²) in [7, 11) is 0. The Morgan fingerprint density at radius 2 is 0.707 bits per heavy atom. The van der Waals surface area contributed by atoms with Crippen LogP contribution in [0.4, 0.5) is 0 Å². The van der Waals surface area contributed by atoms with Crippen molar-refractivity contribution in [3.05, 3.63) is 151 Å². The van der Waals surface area contributed by atoms with Crippen LogP contribution in [-0.4, -0.2) is 15.0 Å². The third-order valence-electron chi connectivity index (χ3n) is 7.24. The smallest absolute Gasteiger partial charge is 0.208 e. The third-order valence-corrected chi connectivity index (χ3v) is 7.41. The average Bonchev–Trinajstić information content (AvgIpc) is 3.05. The van der Waals surface area contributed by atoms with E-state index in [0.29, 0.717) is 11.6 Å². The Morgan fingerprint density at radius 3 is 1.22 bits per heavy atom. The molecule has 0 amide bonds. The van der Waals surface area contributed by atoms with E-state index in [4.69, 9.17) is 16.6 Å². The molecule has 6 aromatic carbocycles. The highest BCUT2D eigenvalue weighted by Gasteiger charge is 2.12. The summed E-state index contributed by atoms with van der Waals surface area (Å²) in [6, 6.07) is 50.3. The maximum atomic E-state index is 6.42. The van der Waals surface area contributed by atoms with E-state index >= 15 is 0 Å². The Kier molecular flexibility index (Phi) is 6.56. The first-order valence-corrected chi connectivity index (χ1v) is 13.8. The Hall–Kier alpha value is -5.12. The van der Waals surface area contributed by atoms with Gasteiger partial charge in [-0.25, -0.2) is 4.98 Å². The summed E-state index contributed by atoms with van der Waals surface area (Å²) in [4.78, 5) is 13.8.